The van der Waals surface area contributed by atoms with Crippen molar-refractivity contribution in [1.82, 2.24) is 9.80 Å². The molecule has 3 rings (SSSR count). The lowest BCUT2D eigenvalue weighted by Crippen LogP contribution is -2.46. The molecule has 90 valence electrons. The Morgan fingerprint density at radius 3 is 2.47 bits per heavy atom. The van der Waals surface area contributed by atoms with Gasteiger partial charge in [0.15, 0.2) is 0 Å². The fraction of sp³-hybridized carbons (Fsp3) is 0.500. The number of likely N-dealkylation sites (tertiary alicyclic amines) is 2. The van der Waals surface area contributed by atoms with E-state index in [1.54, 1.807) is 0 Å². The summed E-state index contributed by atoms with van der Waals surface area (Å²) in [4.78, 5) is 15.4. The Labute approximate surface area is 102 Å². The first kappa shape index (κ1) is 10.9. The van der Waals surface area contributed by atoms with Crippen molar-refractivity contribution >= 4 is 6.29 Å². The van der Waals surface area contributed by atoms with Crippen LogP contribution in [0.5, 0.6) is 0 Å². The minimum absolute atomic E-state index is 0.605. The van der Waals surface area contributed by atoms with Crippen molar-refractivity contribution in [2.75, 3.05) is 19.6 Å². The van der Waals surface area contributed by atoms with E-state index in [1.807, 2.05) is 0 Å². The lowest BCUT2D eigenvalue weighted by atomic mass is 10.2. The zero-order valence-electron chi connectivity index (χ0n) is 9.96. The topological polar surface area (TPSA) is 23.6 Å². The summed E-state index contributed by atoms with van der Waals surface area (Å²) >= 11 is 0. The molecule has 2 fully saturated rings. The Balaban J connectivity index is 1.61. The third-order valence-corrected chi connectivity index (χ3v) is 4.00. The molecule has 2 heterocycles. The first-order chi connectivity index (χ1) is 8.36. The van der Waals surface area contributed by atoms with Gasteiger partial charge < -0.3 is 4.79 Å². The quantitative estimate of drug-likeness (QED) is 0.725. The number of fused-ring (bicyclic) bond motifs is 2. The molecule has 0 N–H and O–H groups in total. The Bertz CT molecular complexity index is 392. The van der Waals surface area contributed by atoms with Crippen molar-refractivity contribution in [2.45, 2.75) is 25.0 Å². The molecule has 0 amide bonds. The SMILES string of the molecule is O=CCN1CC2CC1CN2Cc1ccccc1. The second-order valence-corrected chi connectivity index (χ2v) is 5.08. The number of carbonyl (C=O) groups excluding carboxylic acids is 1. The molecular formula is C14H18N2O. The van der Waals surface area contributed by atoms with Gasteiger partial charge >= 0.3 is 0 Å². The number of rotatable bonds is 4. The molecule has 1 aromatic rings. The minimum Gasteiger partial charge on any atom is -0.302 e. The van der Waals surface area contributed by atoms with E-state index in [1.165, 1.54) is 12.0 Å². The van der Waals surface area contributed by atoms with Crippen molar-refractivity contribution in [3.8, 4) is 0 Å². The number of hydrogen-bond donors (Lipinski definition) is 0. The van der Waals surface area contributed by atoms with Crippen LogP contribution < -0.4 is 0 Å². The monoisotopic (exact) mass is 230 g/mol. The second kappa shape index (κ2) is 4.59. The van der Waals surface area contributed by atoms with E-state index in [0.29, 0.717) is 18.6 Å². The lowest BCUT2D eigenvalue weighted by Gasteiger charge is -2.33. The fourth-order valence-electron chi connectivity index (χ4n) is 3.16. The zero-order chi connectivity index (χ0) is 11.7. The molecule has 3 heteroatoms. The number of nitrogens with zero attached hydrogens (tertiary/aromatic N) is 2. The van der Waals surface area contributed by atoms with E-state index < -0.39 is 0 Å². The number of aldehydes is 1. The van der Waals surface area contributed by atoms with Crippen molar-refractivity contribution < 1.29 is 4.79 Å². The highest BCUT2D eigenvalue weighted by atomic mass is 16.1. The Hall–Kier alpha value is -1.19. The van der Waals surface area contributed by atoms with Crippen LogP contribution in [0.4, 0.5) is 0 Å². The van der Waals surface area contributed by atoms with Crippen LogP contribution in [-0.4, -0.2) is 47.8 Å². The molecule has 17 heavy (non-hydrogen) atoms. The summed E-state index contributed by atoms with van der Waals surface area (Å²) in [5.41, 5.74) is 1.39. The first-order valence-electron chi connectivity index (χ1n) is 6.32. The fourth-order valence-corrected chi connectivity index (χ4v) is 3.16. The van der Waals surface area contributed by atoms with E-state index in [9.17, 15) is 4.79 Å². The second-order valence-electron chi connectivity index (χ2n) is 5.08. The molecule has 3 nitrogen and oxygen atoms in total. The molecule has 2 aliphatic heterocycles. The molecule has 0 aromatic heterocycles. The molecule has 0 spiro atoms. The molecule has 2 aliphatic rings. The Morgan fingerprint density at radius 1 is 1.12 bits per heavy atom. The largest absolute Gasteiger partial charge is 0.302 e. The molecule has 1 aromatic carbocycles. The summed E-state index contributed by atoms with van der Waals surface area (Å²) < 4.78 is 0. The maximum Gasteiger partial charge on any atom is 0.133 e. The summed E-state index contributed by atoms with van der Waals surface area (Å²) in [6.45, 7) is 3.85. The van der Waals surface area contributed by atoms with E-state index in [-0.39, 0.29) is 0 Å². The van der Waals surface area contributed by atoms with Gasteiger partial charge in [-0.2, -0.15) is 0 Å². The van der Waals surface area contributed by atoms with E-state index in [0.717, 1.165) is 25.9 Å². The Kier molecular flexibility index (Phi) is 2.95. The average molecular weight is 230 g/mol. The summed E-state index contributed by atoms with van der Waals surface area (Å²) in [5, 5.41) is 0. The van der Waals surface area contributed by atoms with E-state index in [4.69, 9.17) is 0 Å². The maximum absolute atomic E-state index is 10.6. The van der Waals surface area contributed by atoms with Crippen LogP contribution in [0, 0.1) is 0 Å². The lowest BCUT2D eigenvalue weighted by molar-refractivity contribution is -0.109. The number of piperazine rings is 1. The van der Waals surface area contributed by atoms with E-state index >= 15 is 0 Å². The number of carbonyl (C=O) groups is 1. The van der Waals surface area contributed by atoms with Crippen LogP contribution in [0.2, 0.25) is 0 Å². The van der Waals surface area contributed by atoms with Gasteiger partial charge in [0, 0.05) is 31.7 Å². The predicted molar refractivity (Wildman–Crippen MR) is 66.7 cm³/mol. The summed E-state index contributed by atoms with van der Waals surface area (Å²) in [6, 6.07) is 11.9. The standard InChI is InChI=1S/C14H18N2O/c17-7-6-15-10-14-8-13(15)11-16(14)9-12-4-2-1-3-5-12/h1-5,7,13-14H,6,8-11H2. The van der Waals surface area contributed by atoms with Gasteiger partial charge in [-0.05, 0) is 12.0 Å². The molecule has 0 radical (unpaired) electrons. The summed E-state index contributed by atoms with van der Waals surface area (Å²) in [5.74, 6) is 0. The molecule has 2 atom stereocenters. The first-order valence-corrected chi connectivity index (χ1v) is 6.32. The highest BCUT2D eigenvalue weighted by Crippen LogP contribution is 2.31. The van der Waals surface area contributed by atoms with Crippen molar-refractivity contribution in [3.05, 3.63) is 35.9 Å². The van der Waals surface area contributed by atoms with Crippen LogP contribution in [-0.2, 0) is 11.3 Å². The van der Waals surface area contributed by atoms with Gasteiger partial charge in [-0.1, -0.05) is 30.3 Å². The number of benzene rings is 1. The summed E-state index contributed by atoms with van der Waals surface area (Å²) in [7, 11) is 0. The van der Waals surface area contributed by atoms with Gasteiger partial charge in [0.2, 0.25) is 0 Å². The van der Waals surface area contributed by atoms with Crippen LogP contribution in [0.1, 0.15) is 12.0 Å². The van der Waals surface area contributed by atoms with Crippen molar-refractivity contribution in [3.63, 3.8) is 0 Å². The maximum atomic E-state index is 10.6. The molecule has 2 unspecified atom stereocenters. The zero-order valence-corrected chi connectivity index (χ0v) is 9.96. The summed E-state index contributed by atoms with van der Waals surface area (Å²) in [6.07, 6.45) is 2.27. The smallest absolute Gasteiger partial charge is 0.133 e. The molecular weight excluding hydrogens is 212 g/mol. The van der Waals surface area contributed by atoms with Crippen molar-refractivity contribution in [2.24, 2.45) is 0 Å². The van der Waals surface area contributed by atoms with Crippen LogP contribution in [0.25, 0.3) is 0 Å². The highest BCUT2D eigenvalue weighted by Gasteiger charge is 2.42. The third kappa shape index (κ3) is 2.13. The number of hydrogen-bond acceptors (Lipinski definition) is 3. The molecule has 0 aliphatic carbocycles. The van der Waals surface area contributed by atoms with Gasteiger partial charge in [-0.15, -0.1) is 0 Å². The van der Waals surface area contributed by atoms with Gasteiger partial charge in [0.25, 0.3) is 0 Å². The van der Waals surface area contributed by atoms with Crippen LogP contribution in [0.3, 0.4) is 0 Å². The van der Waals surface area contributed by atoms with Crippen LogP contribution in [0.15, 0.2) is 30.3 Å². The third-order valence-electron chi connectivity index (χ3n) is 4.00. The predicted octanol–water partition coefficient (Wildman–Crippen LogP) is 1.14. The van der Waals surface area contributed by atoms with Crippen molar-refractivity contribution in [1.29, 1.82) is 0 Å². The normalized spacial score (nSPS) is 28.7. The van der Waals surface area contributed by atoms with Gasteiger partial charge in [0.1, 0.15) is 6.29 Å². The Morgan fingerprint density at radius 2 is 1.82 bits per heavy atom. The molecule has 2 bridgehead atoms. The van der Waals surface area contributed by atoms with Gasteiger partial charge in [-0.25, -0.2) is 0 Å². The molecule has 0 saturated carbocycles. The average Bonchev–Trinajstić information content (AvgIpc) is 2.90. The van der Waals surface area contributed by atoms with Gasteiger partial charge in [-0.3, -0.25) is 9.80 Å². The highest BCUT2D eigenvalue weighted by molar-refractivity contribution is 5.52. The molecule has 2 saturated heterocycles. The van der Waals surface area contributed by atoms with E-state index in [2.05, 4.69) is 40.1 Å². The minimum atomic E-state index is 0.605. The van der Waals surface area contributed by atoms with Gasteiger partial charge in [0.05, 0.1) is 6.54 Å². The van der Waals surface area contributed by atoms with Crippen LogP contribution >= 0.6 is 0 Å².